The van der Waals surface area contributed by atoms with E-state index < -0.39 is 0 Å². The number of hydrogen-bond donors (Lipinski definition) is 0. The predicted octanol–water partition coefficient (Wildman–Crippen LogP) is 3.94. The number of rotatable bonds is 12. The van der Waals surface area contributed by atoms with Crippen molar-refractivity contribution in [2.45, 2.75) is 51.9 Å². The standard InChI is InChI=1S/C20H28O3/c1-3-15-22-16-9-7-5-6-8-10-18-11-13-19(14-12-18)17-20(21)23-4-2/h1,11-14H,4-10,15-17H2,2H3. The van der Waals surface area contributed by atoms with Crippen LogP contribution in [0, 0.1) is 12.3 Å². The Bertz CT molecular complexity index is 471. The number of ether oxygens (including phenoxy) is 2. The summed E-state index contributed by atoms with van der Waals surface area (Å²) in [5.74, 6) is 2.31. The highest BCUT2D eigenvalue weighted by Gasteiger charge is 2.03. The molecule has 0 bridgehead atoms. The van der Waals surface area contributed by atoms with Gasteiger partial charge in [-0.05, 0) is 37.3 Å². The molecule has 0 saturated heterocycles. The van der Waals surface area contributed by atoms with E-state index in [4.69, 9.17) is 15.9 Å². The minimum absolute atomic E-state index is 0.161. The van der Waals surface area contributed by atoms with E-state index in [1.54, 1.807) is 0 Å². The SMILES string of the molecule is C#CCOCCCCCCCc1ccc(CC(=O)OCC)cc1. The van der Waals surface area contributed by atoms with E-state index >= 15 is 0 Å². The Morgan fingerprint density at radius 3 is 2.39 bits per heavy atom. The molecule has 0 amide bonds. The third kappa shape index (κ3) is 9.76. The van der Waals surface area contributed by atoms with Crippen LogP contribution in [0.1, 0.15) is 50.2 Å². The molecule has 0 aromatic heterocycles. The average molecular weight is 316 g/mol. The Hall–Kier alpha value is -1.79. The molecule has 23 heavy (non-hydrogen) atoms. The van der Waals surface area contributed by atoms with Gasteiger partial charge in [0.25, 0.3) is 0 Å². The van der Waals surface area contributed by atoms with Gasteiger partial charge in [-0.2, -0.15) is 0 Å². The van der Waals surface area contributed by atoms with Crippen LogP contribution in [0.3, 0.4) is 0 Å². The van der Waals surface area contributed by atoms with Crippen molar-refractivity contribution in [1.82, 2.24) is 0 Å². The molecule has 0 N–H and O–H groups in total. The van der Waals surface area contributed by atoms with Crippen LogP contribution in [0.5, 0.6) is 0 Å². The zero-order valence-electron chi connectivity index (χ0n) is 14.2. The normalized spacial score (nSPS) is 10.3. The number of carbonyl (C=O) groups is 1. The molecule has 0 atom stereocenters. The minimum Gasteiger partial charge on any atom is -0.466 e. The quantitative estimate of drug-likeness (QED) is 0.333. The number of carbonyl (C=O) groups excluding carboxylic acids is 1. The topological polar surface area (TPSA) is 35.5 Å². The largest absolute Gasteiger partial charge is 0.466 e. The van der Waals surface area contributed by atoms with Crippen molar-refractivity contribution in [3.63, 3.8) is 0 Å². The van der Waals surface area contributed by atoms with Crippen LogP contribution in [0.4, 0.5) is 0 Å². The molecular formula is C20H28O3. The second-order valence-electron chi connectivity index (χ2n) is 5.57. The van der Waals surface area contributed by atoms with E-state index in [1.807, 2.05) is 19.1 Å². The fraction of sp³-hybridized carbons (Fsp3) is 0.550. The third-order valence-corrected chi connectivity index (χ3v) is 3.62. The molecule has 0 aliphatic rings. The summed E-state index contributed by atoms with van der Waals surface area (Å²) in [4.78, 5) is 11.4. The molecule has 1 aromatic rings. The molecule has 0 radical (unpaired) electrons. The molecule has 0 fully saturated rings. The summed E-state index contributed by atoms with van der Waals surface area (Å²) in [5.41, 5.74) is 2.34. The summed E-state index contributed by atoms with van der Waals surface area (Å²) in [7, 11) is 0. The highest BCUT2D eigenvalue weighted by molar-refractivity contribution is 5.72. The van der Waals surface area contributed by atoms with E-state index in [9.17, 15) is 4.79 Å². The van der Waals surface area contributed by atoms with Crippen molar-refractivity contribution in [2.75, 3.05) is 19.8 Å². The van der Waals surface area contributed by atoms with Crippen molar-refractivity contribution < 1.29 is 14.3 Å². The number of esters is 1. The van der Waals surface area contributed by atoms with Gasteiger partial charge in [0, 0.05) is 6.61 Å². The molecule has 0 aliphatic heterocycles. The molecule has 126 valence electrons. The maximum Gasteiger partial charge on any atom is 0.310 e. The lowest BCUT2D eigenvalue weighted by Crippen LogP contribution is -2.07. The third-order valence-electron chi connectivity index (χ3n) is 3.62. The number of benzene rings is 1. The molecule has 0 spiro atoms. The smallest absolute Gasteiger partial charge is 0.310 e. The molecule has 0 saturated carbocycles. The van der Waals surface area contributed by atoms with Gasteiger partial charge in [0.15, 0.2) is 0 Å². The maximum atomic E-state index is 11.4. The van der Waals surface area contributed by atoms with E-state index in [-0.39, 0.29) is 5.97 Å². The highest BCUT2D eigenvalue weighted by Crippen LogP contribution is 2.11. The summed E-state index contributed by atoms with van der Waals surface area (Å²) in [6, 6.07) is 8.27. The van der Waals surface area contributed by atoms with Crippen molar-refractivity contribution in [3.05, 3.63) is 35.4 Å². The van der Waals surface area contributed by atoms with Crippen LogP contribution < -0.4 is 0 Å². The van der Waals surface area contributed by atoms with Gasteiger partial charge in [-0.1, -0.05) is 49.4 Å². The summed E-state index contributed by atoms with van der Waals surface area (Å²) in [5, 5.41) is 0. The van der Waals surface area contributed by atoms with Crippen molar-refractivity contribution >= 4 is 5.97 Å². The zero-order chi connectivity index (χ0) is 16.8. The van der Waals surface area contributed by atoms with Crippen molar-refractivity contribution in [3.8, 4) is 12.3 Å². The van der Waals surface area contributed by atoms with Gasteiger partial charge in [-0.15, -0.1) is 6.42 Å². The summed E-state index contributed by atoms with van der Waals surface area (Å²) >= 11 is 0. The first-order valence-corrected chi connectivity index (χ1v) is 8.51. The molecule has 3 nitrogen and oxygen atoms in total. The molecule has 1 aromatic carbocycles. The lowest BCUT2D eigenvalue weighted by atomic mass is 10.0. The fourth-order valence-electron chi connectivity index (χ4n) is 2.40. The van der Waals surface area contributed by atoms with Crippen molar-refractivity contribution in [1.29, 1.82) is 0 Å². The number of terminal acetylenes is 1. The van der Waals surface area contributed by atoms with Crippen LogP contribution in [0.15, 0.2) is 24.3 Å². The molecule has 1 rings (SSSR count). The van der Waals surface area contributed by atoms with E-state index in [1.165, 1.54) is 31.2 Å². The first-order chi connectivity index (χ1) is 11.3. The monoisotopic (exact) mass is 316 g/mol. The van der Waals surface area contributed by atoms with Gasteiger partial charge in [-0.3, -0.25) is 4.79 Å². The number of hydrogen-bond acceptors (Lipinski definition) is 3. The summed E-state index contributed by atoms with van der Waals surface area (Å²) < 4.78 is 10.2. The molecule has 3 heteroatoms. The van der Waals surface area contributed by atoms with Gasteiger partial charge >= 0.3 is 5.97 Å². The van der Waals surface area contributed by atoms with E-state index in [0.717, 1.165) is 25.0 Å². The average Bonchev–Trinajstić information content (AvgIpc) is 2.55. The summed E-state index contributed by atoms with van der Waals surface area (Å²) in [6.45, 7) is 3.45. The second-order valence-corrected chi connectivity index (χ2v) is 5.57. The van der Waals surface area contributed by atoms with Crippen LogP contribution in [0.25, 0.3) is 0 Å². The van der Waals surface area contributed by atoms with E-state index in [0.29, 0.717) is 19.6 Å². The maximum absolute atomic E-state index is 11.4. The first kappa shape index (κ1) is 19.3. The van der Waals surface area contributed by atoms with Gasteiger partial charge in [-0.25, -0.2) is 0 Å². The Morgan fingerprint density at radius 1 is 1.04 bits per heavy atom. The van der Waals surface area contributed by atoms with Gasteiger partial charge in [0.1, 0.15) is 6.61 Å². The van der Waals surface area contributed by atoms with Crippen LogP contribution in [0.2, 0.25) is 0 Å². The Kier molecular flexibility index (Phi) is 10.7. The van der Waals surface area contributed by atoms with Crippen molar-refractivity contribution in [2.24, 2.45) is 0 Å². The highest BCUT2D eigenvalue weighted by atomic mass is 16.5. The van der Waals surface area contributed by atoms with E-state index in [2.05, 4.69) is 18.1 Å². The number of aryl methyl sites for hydroxylation is 1. The minimum atomic E-state index is -0.161. The molecular weight excluding hydrogens is 288 g/mol. The van der Waals surface area contributed by atoms with Gasteiger partial charge < -0.3 is 9.47 Å². The lowest BCUT2D eigenvalue weighted by molar-refractivity contribution is -0.142. The Balaban J connectivity index is 2.09. The second kappa shape index (κ2) is 12.7. The van der Waals surface area contributed by atoms with Crippen LogP contribution in [-0.4, -0.2) is 25.8 Å². The van der Waals surface area contributed by atoms with Crippen LogP contribution in [-0.2, 0) is 27.1 Å². The molecule has 0 aliphatic carbocycles. The van der Waals surface area contributed by atoms with Gasteiger partial charge in [0.05, 0.1) is 13.0 Å². The molecule has 0 unspecified atom stereocenters. The number of unbranched alkanes of at least 4 members (excludes halogenated alkanes) is 4. The fourth-order valence-corrected chi connectivity index (χ4v) is 2.40. The zero-order valence-corrected chi connectivity index (χ0v) is 14.2. The Labute approximate surface area is 140 Å². The first-order valence-electron chi connectivity index (χ1n) is 8.51. The predicted molar refractivity (Wildman–Crippen MR) is 93.2 cm³/mol. The lowest BCUT2D eigenvalue weighted by Gasteiger charge is -2.05. The summed E-state index contributed by atoms with van der Waals surface area (Å²) in [6.07, 6.45) is 12.5. The van der Waals surface area contributed by atoms with Crippen LogP contribution >= 0.6 is 0 Å². The molecule has 0 heterocycles. The van der Waals surface area contributed by atoms with Gasteiger partial charge in [0.2, 0.25) is 0 Å². The Morgan fingerprint density at radius 2 is 1.70 bits per heavy atom.